The van der Waals surface area contributed by atoms with Crippen LogP contribution < -0.4 is 4.74 Å². The molecule has 0 aliphatic carbocycles. The number of halogens is 2. The Labute approximate surface area is 173 Å². The molecule has 0 radical (unpaired) electrons. The van der Waals surface area contributed by atoms with Gasteiger partial charge in [0.05, 0.1) is 11.5 Å². The molecule has 2 aromatic rings. The number of sulfone groups is 1. The SMILES string of the molecule is O=S1(=O)CCC(N(Cc2cccc(Br)c2)CC(O)COc2ccccc2F)C1. The van der Waals surface area contributed by atoms with Crippen molar-refractivity contribution in [2.45, 2.75) is 25.1 Å². The van der Waals surface area contributed by atoms with Gasteiger partial charge in [-0.1, -0.05) is 40.2 Å². The summed E-state index contributed by atoms with van der Waals surface area (Å²) in [5, 5.41) is 10.4. The monoisotopic (exact) mass is 471 g/mol. The van der Waals surface area contributed by atoms with Gasteiger partial charge in [-0.15, -0.1) is 0 Å². The van der Waals surface area contributed by atoms with Gasteiger partial charge in [0.2, 0.25) is 0 Å². The number of ether oxygens (including phenoxy) is 1. The van der Waals surface area contributed by atoms with Crippen LogP contribution in [0.1, 0.15) is 12.0 Å². The molecule has 28 heavy (non-hydrogen) atoms. The molecular weight excluding hydrogens is 449 g/mol. The summed E-state index contributed by atoms with van der Waals surface area (Å²) in [6, 6.07) is 13.6. The smallest absolute Gasteiger partial charge is 0.165 e. The summed E-state index contributed by atoms with van der Waals surface area (Å²) < 4.78 is 43.8. The minimum absolute atomic E-state index is 0.0740. The molecule has 1 heterocycles. The van der Waals surface area contributed by atoms with E-state index < -0.39 is 21.8 Å². The third-order valence-corrected chi connectivity index (χ3v) is 6.96. The summed E-state index contributed by atoms with van der Waals surface area (Å²) in [5.74, 6) is -0.151. The Kier molecular flexibility index (Phi) is 7.09. The van der Waals surface area contributed by atoms with Gasteiger partial charge in [-0.3, -0.25) is 4.90 Å². The number of hydrogen-bond donors (Lipinski definition) is 1. The first-order chi connectivity index (χ1) is 13.3. The Bertz CT molecular complexity index is 909. The van der Waals surface area contributed by atoms with Crippen LogP contribution >= 0.6 is 15.9 Å². The first-order valence-corrected chi connectivity index (χ1v) is 11.7. The van der Waals surface area contributed by atoms with Crippen LogP contribution in [0.25, 0.3) is 0 Å². The van der Waals surface area contributed by atoms with Crippen molar-refractivity contribution in [3.05, 3.63) is 64.4 Å². The lowest BCUT2D eigenvalue weighted by Crippen LogP contribution is -2.42. The van der Waals surface area contributed by atoms with Crippen LogP contribution in [0, 0.1) is 5.82 Å². The quantitative estimate of drug-likeness (QED) is 0.640. The first kappa shape index (κ1) is 21.2. The first-order valence-electron chi connectivity index (χ1n) is 9.07. The van der Waals surface area contributed by atoms with Crippen LogP contribution in [0.15, 0.2) is 53.0 Å². The fraction of sp³-hybridized carbons (Fsp3) is 0.400. The largest absolute Gasteiger partial charge is 0.488 e. The zero-order valence-electron chi connectivity index (χ0n) is 15.3. The number of nitrogens with zero attached hydrogens (tertiary/aromatic N) is 1. The number of aliphatic hydroxyl groups excluding tert-OH is 1. The van der Waals surface area contributed by atoms with Gasteiger partial charge in [-0.25, -0.2) is 12.8 Å². The van der Waals surface area contributed by atoms with Gasteiger partial charge in [-0.2, -0.15) is 0 Å². The molecule has 1 saturated heterocycles. The fourth-order valence-corrected chi connectivity index (χ4v) is 5.56. The van der Waals surface area contributed by atoms with Crippen LogP contribution in [0.5, 0.6) is 5.75 Å². The van der Waals surface area contributed by atoms with Crippen LogP contribution in [-0.4, -0.2) is 55.2 Å². The average Bonchev–Trinajstić information content (AvgIpc) is 3.00. The van der Waals surface area contributed by atoms with Crippen molar-refractivity contribution >= 4 is 25.8 Å². The van der Waals surface area contributed by atoms with Gasteiger partial charge < -0.3 is 9.84 Å². The maximum atomic E-state index is 13.7. The van der Waals surface area contributed by atoms with Gasteiger partial charge in [0, 0.05) is 23.6 Å². The highest BCUT2D eigenvalue weighted by molar-refractivity contribution is 9.10. The lowest BCUT2D eigenvalue weighted by Gasteiger charge is -2.30. The molecule has 2 aromatic carbocycles. The van der Waals surface area contributed by atoms with E-state index in [0.717, 1.165) is 10.0 Å². The maximum absolute atomic E-state index is 13.7. The van der Waals surface area contributed by atoms with Crippen LogP contribution in [0.4, 0.5) is 4.39 Å². The van der Waals surface area contributed by atoms with E-state index in [-0.39, 0.29) is 36.4 Å². The topological polar surface area (TPSA) is 66.8 Å². The highest BCUT2D eigenvalue weighted by atomic mass is 79.9. The molecule has 1 aliphatic rings. The van der Waals surface area contributed by atoms with E-state index in [1.165, 1.54) is 12.1 Å². The second-order valence-electron chi connectivity index (χ2n) is 7.01. The number of hydrogen-bond acceptors (Lipinski definition) is 5. The van der Waals surface area contributed by atoms with Crippen molar-refractivity contribution in [2.75, 3.05) is 24.7 Å². The Morgan fingerprint density at radius 3 is 2.71 bits per heavy atom. The summed E-state index contributed by atoms with van der Waals surface area (Å²) in [5.41, 5.74) is 1.01. The molecule has 2 unspecified atom stereocenters. The van der Waals surface area contributed by atoms with Crippen molar-refractivity contribution in [3.8, 4) is 5.75 Å². The second kappa shape index (κ2) is 9.35. The van der Waals surface area contributed by atoms with Gasteiger partial charge in [0.1, 0.15) is 12.7 Å². The normalized spacial score (nSPS) is 19.6. The van der Waals surface area contributed by atoms with Gasteiger partial charge >= 0.3 is 0 Å². The van der Waals surface area contributed by atoms with Crippen molar-refractivity contribution in [1.29, 1.82) is 0 Å². The predicted octanol–water partition coefficient (Wildman–Crippen LogP) is 3.02. The molecule has 0 saturated carbocycles. The Balaban J connectivity index is 1.66. The van der Waals surface area contributed by atoms with Crippen LogP contribution in [0.3, 0.4) is 0 Å². The average molecular weight is 472 g/mol. The molecule has 152 valence electrons. The molecule has 3 rings (SSSR count). The van der Waals surface area contributed by atoms with E-state index in [9.17, 15) is 17.9 Å². The zero-order valence-corrected chi connectivity index (χ0v) is 17.7. The molecule has 1 N–H and O–H groups in total. The molecule has 1 aliphatic heterocycles. The van der Waals surface area contributed by atoms with E-state index in [2.05, 4.69) is 15.9 Å². The number of para-hydroxylation sites is 1. The van der Waals surface area contributed by atoms with Crippen LogP contribution in [-0.2, 0) is 16.4 Å². The molecule has 5 nitrogen and oxygen atoms in total. The third-order valence-electron chi connectivity index (χ3n) is 4.71. The lowest BCUT2D eigenvalue weighted by atomic mass is 10.1. The molecule has 1 fully saturated rings. The minimum Gasteiger partial charge on any atom is -0.488 e. The van der Waals surface area contributed by atoms with E-state index in [1.807, 2.05) is 29.2 Å². The molecule has 0 spiro atoms. The molecule has 0 bridgehead atoms. The van der Waals surface area contributed by atoms with Crippen molar-refractivity contribution < 1.29 is 22.7 Å². The van der Waals surface area contributed by atoms with Gasteiger partial charge in [0.25, 0.3) is 0 Å². The van der Waals surface area contributed by atoms with Gasteiger partial charge in [0.15, 0.2) is 21.4 Å². The van der Waals surface area contributed by atoms with Crippen molar-refractivity contribution in [2.24, 2.45) is 0 Å². The molecule has 8 heteroatoms. The summed E-state index contributed by atoms with van der Waals surface area (Å²) in [6.07, 6.45) is -0.341. The third kappa shape index (κ3) is 6.01. The highest BCUT2D eigenvalue weighted by Crippen LogP contribution is 2.22. The summed E-state index contributed by atoms with van der Waals surface area (Å²) in [4.78, 5) is 1.97. The Morgan fingerprint density at radius 1 is 1.25 bits per heavy atom. The number of rotatable bonds is 8. The van der Waals surface area contributed by atoms with Crippen molar-refractivity contribution in [1.82, 2.24) is 4.90 Å². The summed E-state index contributed by atoms with van der Waals surface area (Å²) in [6.45, 7) is 0.674. The van der Waals surface area contributed by atoms with Crippen molar-refractivity contribution in [3.63, 3.8) is 0 Å². The van der Waals surface area contributed by atoms with E-state index in [0.29, 0.717) is 13.0 Å². The van der Waals surface area contributed by atoms with E-state index in [4.69, 9.17) is 4.74 Å². The Hall–Kier alpha value is -1.48. The van der Waals surface area contributed by atoms with Crippen LogP contribution in [0.2, 0.25) is 0 Å². The Morgan fingerprint density at radius 2 is 2.04 bits per heavy atom. The molecule has 0 aromatic heterocycles. The standard InChI is InChI=1S/C20H23BrFNO4S/c21-16-5-3-4-15(10-16)11-23(17-8-9-28(25,26)14-17)12-18(24)13-27-20-7-2-1-6-19(20)22/h1-7,10,17-18,24H,8-9,11-14H2. The predicted molar refractivity (Wildman–Crippen MR) is 110 cm³/mol. The second-order valence-corrected chi connectivity index (χ2v) is 10.2. The molecule has 2 atom stereocenters. The molecule has 0 amide bonds. The summed E-state index contributed by atoms with van der Waals surface area (Å²) in [7, 11) is -3.05. The van der Waals surface area contributed by atoms with Gasteiger partial charge in [-0.05, 0) is 36.2 Å². The highest BCUT2D eigenvalue weighted by Gasteiger charge is 2.33. The lowest BCUT2D eigenvalue weighted by molar-refractivity contribution is 0.0513. The van der Waals surface area contributed by atoms with E-state index >= 15 is 0 Å². The summed E-state index contributed by atoms with van der Waals surface area (Å²) >= 11 is 3.44. The maximum Gasteiger partial charge on any atom is 0.165 e. The number of aliphatic hydroxyl groups is 1. The fourth-order valence-electron chi connectivity index (χ4n) is 3.35. The van der Waals surface area contributed by atoms with E-state index in [1.54, 1.807) is 12.1 Å². The zero-order chi connectivity index (χ0) is 20.1. The minimum atomic E-state index is -3.05. The molecular formula is C20H23BrFNO4S. The number of benzene rings is 2.